The third-order valence-electron chi connectivity index (χ3n) is 3.45. The van der Waals surface area contributed by atoms with Crippen LogP contribution in [-0.2, 0) is 6.54 Å². The van der Waals surface area contributed by atoms with E-state index < -0.39 is 0 Å². The number of fused-ring (bicyclic) bond motifs is 1. The first-order valence-electron chi connectivity index (χ1n) is 6.07. The third kappa shape index (κ3) is 2.15. The van der Waals surface area contributed by atoms with Crippen molar-refractivity contribution in [2.24, 2.45) is 0 Å². The molecule has 0 aromatic carbocycles. The number of likely N-dealkylation sites (N-methyl/N-ethyl adjacent to an activating group) is 1. The summed E-state index contributed by atoms with van der Waals surface area (Å²) >= 11 is 6.78. The summed E-state index contributed by atoms with van der Waals surface area (Å²) in [6.07, 6.45) is 2.56. The maximum absolute atomic E-state index is 12.3. The Morgan fingerprint density at radius 1 is 1.61 bits per heavy atom. The van der Waals surface area contributed by atoms with Gasteiger partial charge >= 0.3 is 0 Å². The molecular weight excluding hydrogens is 266 g/mol. The Hall–Kier alpha value is -0.980. The van der Waals surface area contributed by atoms with Gasteiger partial charge in [0.15, 0.2) is 4.77 Å². The minimum Gasteiger partial charge on any atom is -0.323 e. The molecule has 1 aliphatic rings. The first kappa shape index (κ1) is 12.1. The van der Waals surface area contributed by atoms with Crippen molar-refractivity contribution in [2.45, 2.75) is 25.4 Å². The van der Waals surface area contributed by atoms with E-state index >= 15 is 0 Å². The molecular formula is C12H15N3OS2. The van der Waals surface area contributed by atoms with Crippen LogP contribution in [0.25, 0.3) is 10.2 Å². The summed E-state index contributed by atoms with van der Waals surface area (Å²) < 4.78 is 2.20. The average Bonchev–Trinajstić information content (AvgIpc) is 3.08. The quantitative estimate of drug-likeness (QED) is 0.874. The summed E-state index contributed by atoms with van der Waals surface area (Å²) in [5.41, 5.74) is 0.0270. The molecule has 0 aliphatic heterocycles. The lowest BCUT2D eigenvalue weighted by Gasteiger charge is -2.16. The molecule has 1 saturated carbocycles. The summed E-state index contributed by atoms with van der Waals surface area (Å²) in [6.45, 7) is 1.53. The minimum atomic E-state index is 0.0270. The first-order chi connectivity index (χ1) is 8.66. The third-order valence-corrected chi connectivity index (χ3v) is 4.61. The van der Waals surface area contributed by atoms with Gasteiger partial charge in [-0.15, -0.1) is 11.3 Å². The molecule has 0 spiro atoms. The van der Waals surface area contributed by atoms with Crippen molar-refractivity contribution in [3.63, 3.8) is 0 Å². The van der Waals surface area contributed by atoms with Crippen LogP contribution in [-0.4, -0.2) is 34.1 Å². The zero-order valence-corrected chi connectivity index (χ0v) is 11.8. The monoisotopic (exact) mass is 281 g/mol. The van der Waals surface area contributed by atoms with Gasteiger partial charge in [-0.05, 0) is 43.6 Å². The number of hydrogen-bond acceptors (Lipinski definition) is 4. The summed E-state index contributed by atoms with van der Waals surface area (Å²) in [7, 11) is 2.11. The topological polar surface area (TPSA) is 41.0 Å². The molecule has 0 saturated heterocycles. The highest BCUT2D eigenvalue weighted by molar-refractivity contribution is 7.71. The SMILES string of the molecule is CN(CCn1c(=S)[nH]c2sccc2c1=O)C1CC1. The van der Waals surface area contributed by atoms with Crippen LogP contribution in [0.4, 0.5) is 0 Å². The molecule has 1 aliphatic carbocycles. The second-order valence-corrected chi connectivity index (χ2v) is 6.06. The number of H-pyrrole nitrogens is 1. The Kier molecular flexibility index (Phi) is 3.09. The van der Waals surface area contributed by atoms with Gasteiger partial charge in [-0.3, -0.25) is 9.36 Å². The Morgan fingerprint density at radius 2 is 2.39 bits per heavy atom. The fourth-order valence-corrected chi connectivity index (χ4v) is 3.25. The Morgan fingerprint density at radius 3 is 3.11 bits per heavy atom. The van der Waals surface area contributed by atoms with Crippen LogP contribution in [0.5, 0.6) is 0 Å². The predicted octanol–water partition coefficient (Wildman–Crippen LogP) is 2.21. The molecule has 0 atom stereocenters. The second kappa shape index (κ2) is 4.60. The molecule has 6 heteroatoms. The average molecular weight is 281 g/mol. The smallest absolute Gasteiger partial charge is 0.263 e. The van der Waals surface area contributed by atoms with E-state index in [1.807, 2.05) is 11.4 Å². The maximum atomic E-state index is 12.3. The zero-order valence-electron chi connectivity index (χ0n) is 10.2. The van der Waals surface area contributed by atoms with E-state index in [2.05, 4.69) is 16.9 Å². The van der Waals surface area contributed by atoms with Crippen LogP contribution in [0.1, 0.15) is 12.8 Å². The molecule has 4 nitrogen and oxygen atoms in total. The molecule has 18 heavy (non-hydrogen) atoms. The second-order valence-electron chi connectivity index (χ2n) is 4.76. The minimum absolute atomic E-state index is 0.0270. The number of aromatic amines is 1. The van der Waals surface area contributed by atoms with Crippen molar-refractivity contribution in [2.75, 3.05) is 13.6 Å². The standard InChI is InChI=1S/C12H15N3OS2/c1-14(8-2-3-8)5-6-15-11(16)9-4-7-18-10(9)13-12(15)17/h4,7-8H,2-3,5-6H2,1H3,(H,13,17). The van der Waals surface area contributed by atoms with Crippen LogP contribution in [0, 0.1) is 4.77 Å². The summed E-state index contributed by atoms with van der Waals surface area (Å²) in [6, 6.07) is 2.57. The van der Waals surface area contributed by atoms with E-state index in [0.29, 0.717) is 17.4 Å². The molecule has 0 radical (unpaired) electrons. The first-order valence-corrected chi connectivity index (χ1v) is 7.36. The van der Waals surface area contributed by atoms with E-state index in [1.165, 1.54) is 24.2 Å². The molecule has 0 bridgehead atoms. The fourth-order valence-electron chi connectivity index (χ4n) is 2.14. The summed E-state index contributed by atoms with van der Waals surface area (Å²) in [4.78, 5) is 18.6. The van der Waals surface area contributed by atoms with Crippen molar-refractivity contribution in [1.29, 1.82) is 0 Å². The van der Waals surface area contributed by atoms with Crippen LogP contribution in [0.2, 0.25) is 0 Å². The summed E-state index contributed by atoms with van der Waals surface area (Å²) in [5, 5.41) is 2.65. The van der Waals surface area contributed by atoms with Gasteiger partial charge in [-0.2, -0.15) is 0 Å². The largest absolute Gasteiger partial charge is 0.323 e. The number of hydrogen-bond donors (Lipinski definition) is 1. The highest BCUT2D eigenvalue weighted by Crippen LogP contribution is 2.24. The van der Waals surface area contributed by atoms with Crippen molar-refractivity contribution in [3.05, 3.63) is 26.6 Å². The highest BCUT2D eigenvalue weighted by Gasteiger charge is 2.25. The Labute approximate surface area is 114 Å². The van der Waals surface area contributed by atoms with Gasteiger partial charge in [0.1, 0.15) is 4.83 Å². The molecule has 3 rings (SSSR count). The van der Waals surface area contributed by atoms with Gasteiger partial charge in [0, 0.05) is 19.1 Å². The lowest BCUT2D eigenvalue weighted by Crippen LogP contribution is -2.30. The molecule has 0 amide bonds. The summed E-state index contributed by atoms with van der Waals surface area (Å²) in [5.74, 6) is 0. The van der Waals surface area contributed by atoms with Gasteiger partial charge < -0.3 is 9.88 Å². The number of rotatable bonds is 4. The van der Waals surface area contributed by atoms with Gasteiger partial charge in [0.2, 0.25) is 0 Å². The predicted molar refractivity (Wildman–Crippen MR) is 76.9 cm³/mol. The fraction of sp³-hybridized carbons (Fsp3) is 0.500. The number of nitrogens with zero attached hydrogens (tertiary/aromatic N) is 2. The van der Waals surface area contributed by atoms with Gasteiger partial charge in [-0.25, -0.2) is 0 Å². The van der Waals surface area contributed by atoms with Crippen molar-refractivity contribution in [1.82, 2.24) is 14.5 Å². The van der Waals surface area contributed by atoms with E-state index in [-0.39, 0.29) is 5.56 Å². The van der Waals surface area contributed by atoms with Gasteiger partial charge in [-0.1, -0.05) is 0 Å². The van der Waals surface area contributed by atoms with E-state index in [1.54, 1.807) is 4.57 Å². The number of nitrogens with one attached hydrogen (secondary N) is 1. The molecule has 2 aromatic heterocycles. The van der Waals surface area contributed by atoms with E-state index in [9.17, 15) is 4.79 Å². The van der Waals surface area contributed by atoms with Crippen molar-refractivity contribution >= 4 is 33.8 Å². The van der Waals surface area contributed by atoms with E-state index in [4.69, 9.17) is 12.2 Å². The van der Waals surface area contributed by atoms with Crippen LogP contribution < -0.4 is 5.56 Å². The molecule has 1 N–H and O–H groups in total. The maximum Gasteiger partial charge on any atom is 0.263 e. The Bertz CT molecular complexity index is 680. The van der Waals surface area contributed by atoms with Crippen LogP contribution >= 0.6 is 23.6 Å². The molecule has 96 valence electrons. The van der Waals surface area contributed by atoms with Crippen LogP contribution in [0.3, 0.4) is 0 Å². The zero-order chi connectivity index (χ0) is 12.7. The normalized spacial score (nSPS) is 15.7. The van der Waals surface area contributed by atoms with Crippen LogP contribution in [0.15, 0.2) is 16.2 Å². The molecule has 0 unspecified atom stereocenters. The molecule has 1 fully saturated rings. The van der Waals surface area contributed by atoms with E-state index in [0.717, 1.165) is 16.8 Å². The highest BCUT2D eigenvalue weighted by atomic mass is 32.1. The lowest BCUT2D eigenvalue weighted by atomic mass is 10.4. The lowest BCUT2D eigenvalue weighted by molar-refractivity contribution is 0.306. The Balaban J connectivity index is 1.90. The molecule has 2 aromatic rings. The molecule has 2 heterocycles. The van der Waals surface area contributed by atoms with Crippen molar-refractivity contribution in [3.8, 4) is 0 Å². The number of thiophene rings is 1. The van der Waals surface area contributed by atoms with Gasteiger partial charge in [0.05, 0.1) is 5.39 Å². The number of aromatic nitrogens is 2. The van der Waals surface area contributed by atoms with Crippen molar-refractivity contribution < 1.29 is 0 Å². The van der Waals surface area contributed by atoms with Gasteiger partial charge in [0.25, 0.3) is 5.56 Å².